The summed E-state index contributed by atoms with van der Waals surface area (Å²) in [7, 11) is 2.93. The van der Waals surface area contributed by atoms with Gasteiger partial charge in [0, 0.05) is 18.5 Å². The third kappa shape index (κ3) is 10.8. The molecule has 1 unspecified atom stereocenters. The molecule has 5 nitrogen and oxygen atoms in total. The highest BCUT2D eigenvalue weighted by atomic mass is 31.0. The van der Waals surface area contributed by atoms with E-state index in [2.05, 4.69) is 14.6 Å². The van der Waals surface area contributed by atoms with Gasteiger partial charge in [0.15, 0.2) is 0 Å². The Kier molecular flexibility index (Phi) is 10.2. The Morgan fingerprint density at radius 3 is 1.76 bits per heavy atom. The Morgan fingerprint density at radius 2 is 1.32 bits per heavy atom. The Morgan fingerprint density at radius 1 is 0.840 bits per heavy atom. The summed E-state index contributed by atoms with van der Waals surface area (Å²) in [6, 6.07) is 10.0. The summed E-state index contributed by atoms with van der Waals surface area (Å²) in [4.78, 5) is 21.2. The van der Waals surface area contributed by atoms with Gasteiger partial charge in [-0.3, -0.25) is 9.59 Å². The molecule has 1 rings (SSSR count). The highest BCUT2D eigenvalue weighted by Crippen LogP contribution is 2.33. The number of benzene rings is 1. The number of rotatable bonds is 14. The molecule has 140 valence electrons. The molecule has 0 spiro atoms. The summed E-state index contributed by atoms with van der Waals surface area (Å²) in [6.45, 7) is 0. The number of carboxylic acids is 2. The van der Waals surface area contributed by atoms with Crippen LogP contribution < -0.4 is 5.32 Å². The second kappa shape index (κ2) is 11.9. The van der Waals surface area contributed by atoms with Gasteiger partial charge in [-0.25, -0.2) is 0 Å². The fourth-order valence-corrected chi connectivity index (χ4v) is 3.42. The minimum Gasteiger partial charge on any atom is -0.481 e. The zero-order valence-corrected chi connectivity index (χ0v) is 15.9. The van der Waals surface area contributed by atoms with Crippen molar-refractivity contribution in [2.75, 3.05) is 5.32 Å². The molecule has 0 aliphatic carbocycles. The Bertz CT molecular complexity index is 497. The SMILES string of the molecule is O=C(O)CCCCCC(P)(CCCCCC(=O)O)Nc1ccccc1. The van der Waals surface area contributed by atoms with Crippen LogP contribution in [0, 0.1) is 0 Å². The first-order chi connectivity index (χ1) is 11.9. The molecular weight excluding hydrogens is 337 g/mol. The van der Waals surface area contributed by atoms with Crippen LogP contribution in [0.1, 0.15) is 64.2 Å². The number of hydrogen-bond donors (Lipinski definition) is 3. The second-order valence-corrected chi connectivity index (χ2v) is 7.66. The van der Waals surface area contributed by atoms with Crippen molar-refractivity contribution in [2.45, 2.75) is 69.5 Å². The molecule has 0 aromatic heterocycles. The monoisotopic (exact) mass is 367 g/mol. The van der Waals surface area contributed by atoms with Crippen LogP contribution in [0.15, 0.2) is 30.3 Å². The van der Waals surface area contributed by atoms with Crippen molar-refractivity contribution in [3.8, 4) is 0 Å². The van der Waals surface area contributed by atoms with Gasteiger partial charge in [-0.2, -0.15) is 0 Å². The van der Waals surface area contributed by atoms with Crippen molar-refractivity contribution in [1.29, 1.82) is 0 Å². The van der Waals surface area contributed by atoms with E-state index in [1.807, 2.05) is 30.3 Å². The molecule has 25 heavy (non-hydrogen) atoms. The number of hydrogen-bond acceptors (Lipinski definition) is 3. The first-order valence-corrected chi connectivity index (χ1v) is 9.55. The molecule has 0 heterocycles. The summed E-state index contributed by atoms with van der Waals surface area (Å²) in [5.74, 6) is -1.48. The zero-order chi connectivity index (χ0) is 18.5. The molecular formula is C19H30NO4P. The Hall–Kier alpha value is -1.61. The van der Waals surface area contributed by atoms with E-state index in [9.17, 15) is 9.59 Å². The van der Waals surface area contributed by atoms with Crippen molar-refractivity contribution in [3.63, 3.8) is 0 Å². The fourth-order valence-electron chi connectivity index (χ4n) is 2.85. The molecule has 0 saturated heterocycles. The van der Waals surface area contributed by atoms with E-state index in [1.54, 1.807) is 0 Å². The Balaban J connectivity index is 2.47. The van der Waals surface area contributed by atoms with Gasteiger partial charge in [0.2, 0.25) is 0 Å². The van der Waals surface area contributed by atoms with E-state index in [0.29, 0.717) is 12.8 Å². The standard InChI is InChI=1S/C19H30NO4P/c21-17(22)12-6-2-8-14-19(25,15-9-3-7-13-18(23)24)20-16-10-4-1-5-11-16/h1,4-5,10-11,20H,2-3,6-9,12-15,25H2,(H,21,22)(H,23,24). The van der Waals surface area contributed by atoms with Crippen LogP contribution in [0.2, 0.25) is 0 Å². The lowest BCUT2D eigenvalue weighted by Crippen LogP contribution is -2.31. The van der Waals surface area contributed by atoms with Crippen LogP contribution in [0.3, 0.4) is 0 Å². The summed E-state index contributed by atoms with van der Waals surface area (Å²) >= 11 is 0. The average Bonchev–Trinajstić information content (AvgIpc) is 2.54. The van der Waals surface area contributed by atoms with E-state index in [0.717, 1.165) is 44.2 Å². The number of carboxylic acid groups (broad SMARTS) is 2. The van der Waals surface area contributed by atoms with E-state index in [1.165, 1.54) is 0 Å². The molecule has 6 heteroatoms. The van der Waals surface area contributed by atoms with Gasteiger partial charge >= 0.3 is 11.9 Å². The van der Waals surface area contributed by atoms with Crippen LogP contribution in [-0.4, -0.2) is 27.4 Å². The molecule has 0 aliphatic heterocycles. The molecule has 1 aromatic rings. The predicted molar refractivity (Wildman–Crippen MR) is 104 cm³/mol. The van der Waals surface area contributed by atoms with Crippen molar-refractivity contribution in [3.05, 3.63) is 30.3 Å². The number of carbonyl (C=O) groups is 2. The van der Waals surface area contributed by atoms with Gasteiger partial charge in [-0.1, -0.05) is 43.9 Å². The van der Waals surface area contributed by atoms with Crippen LogP contribution in [0.25, 0.3) is 0 Å². The quantitative estimate of drug-likeness (QED) is 0.327. The number of nitrogens with one attached hydrogen (secondary N) is 1. The Labute approximate surface area is 152 Å². The summed E-state index contributed by atoms with van der Waals surface area (Å²) in [6.07, 6.45) is 7.47. The molecule has 0 saturated carbocycles. The third-order valence-electron chi connectivity index (χ3n) is 4.19. The summed E-state index contributed by atoms with van der Waals surface area (Å²) < 4.78 is 0. The highest BCUT2D eigenvalue weighted by molar-refractivity contribution is 7.19. The maximum absolute atomic E-state index is 10.6. The lowest BCUT2D eigenvalue weighted by molar-refractivity contribution is -0.138. The van der Waals surface area contributed by atoms with Gasteiger partial charge in [0.05, 0.1) is 5.28 Å². The second-order valence-electron chi connectivity index (χ2n) is 6.56. The summed E-state index contributed by atoms with van der Waals surface area (Å²) in [5, 5.41) is 20.9. The van der Waals surface area contributed by atoms with Crippen LogP contribution in [-0.2, 0) is 9.59 Å². The molecule has 3 N–H and O–H groups in total. The molecule has 0 aliphatic rings. The first kappa shape index (κ1) is 21.4. The largest absolute Gasteiger partial charge is 0.481 e. The minimum absolute atomic E-state index is 0.145. The number of para-hydroxylation sites is 1. The van der Waals surface area contributed by atoms with E-state index in [4.69, 9.17) is 10.2 Å². The number of unbranched alkanes of at least 4 members (excludes halogenated alkanes) is 4. The maximum atomic E-state index is 10.6. The minimum atomic E-state index is -0.738. The van der Waals surface area contributed by atoms with Gasteiger partial charge < -0.3 is 15.5 Å². The fraction of sp³-hybridized carbons (Fsp3) is 0.579. The average molecular weight is 367 g/mol. The van der Waals surface area contributed by atoms with E-state index < -0.39 is 11.9 Å². The molecule has 0 fully saturated rings. The molecule has 0 bridgehead atoms. The lowest BCUT2D eigenvalue weighted by Gasteiger charge is -2.32. The van der Waals surface area contributed by atoms with E-state index in [-0.39, 0.29) is 18.1 Å². The smallest absolute Gasteiger partial charge is 0.303 e. The van der Waals surface area contributed by atoms with Gasteiger partial charge in [-0.05, 0) is 37.8 Å². The van der Waals surface area contributed by atoms with Gasteiger partial charge in [-0.15, -0.1) is 9.24 Å². The molecule has 0 radical (unpaired) electrons. The van der Waals surface area contributed by atoms with Crippen LogP contribution in [0.5, 0.6) is 0 Å². The zero-order valence-electron chi connectivity index (χ0n) is 14.7. The molecule has 1 atom stereocenters. The summed E-state index contributed by atoms with van der Waals surface area (Å²) in [5.41, 5.74) is 1.06. The van der Waals surface area contributed by atoms with Crippen LogP contribution >= 0.6 is 9.24 Å². The van der Waals surface area contributed by atoms with Crippen molar-refractivity contribution in [2.24, 2.45) is 0 Å². The van der Waals surface area contributed by atoms with Crippen molar-refractivity contribution >= 4 is 26.9 Å². The van der Waals surface area contributed by atoms with Crippen molar-refractivity contribution in [1.82, 2.24) is 0 Å². The number of anilines is 1. The number of aliphatic carboxylic acids is 2. The van der Waals surface area contributed by atoms with Crippen LogP contribution in [0.4, 0.5) is 5.69 Å². The predicted octanol–water partition coefficient (Wildman–Crippen LogP) is 4.74. The molecule has 0 amide bonds. The topological polar surface area (TPSA) is 86.6 Å². The normalized spacial score (nSPS) is 11.2. The first-order valence-electron chi connectivity index (χ1n) is 8.97. The van der Waals surface area contributed by atoms with Gasteiger partial charge in [0.1, 0.15) is 0 Å². The molecule has 1 aromatic carbocycles. The lowest BCUT2D eigenvalue weighted by atomic mass is 9.99. The van der Waals surface area contributed by atoms with E-state index >= 15 is 0 Å². The maximum Gasteiger partial charge on any atom is 0.303 e. The highest BCUT2D eigenvalue weighted by Gasteiger charge is 2.23. The van der Waals surface area contributed by atoms with Gasteiger partial charge in [0.25, 0.3) is 0 Å². The van der Waals surface area contributed by atoms with Crippen molar-refractivity contribution < 1.29 is 19.8 Å². The third-order valence-corrected chi connectivity index (χ3v) is 4.92.